The Morgan fingerprint density at radius 2 is 1.94 bits per heavy atom. The zero-order valence-corrected chi connectivity index (χ0v) is 18.1. The van der Waals surface area contributed by atoms with Crippen molar-refractivity contribution < 1.29 is 17.5 Å². The maximum atomic E-state index is 13.2. The van der Waals surface area contributed by atoms with Crippen LogP contribution in [0.4, 0.5) is 4.39 Å². The number of benzene rings is 2. The molecule has 0 aliphatic rings. The average molecular weight is 444 g/mol. The number of halogens is 1. The summed E-state index contributed by atoms with van der Waals surface area (Å²) in [6.07, 6.45) is 3.17. The first-order valence-corrected chi connectivity index (χ1v) is 11.1. The Bertz CT molecular complexity index is 1330. The van der Waals surface area contributed by atoms with Crippen LogP contribution in [0.15, 0.2) is 59.8 Å². The highest BCUT2D eigenvalue weighted by Crippen LogP contribution is 2.23. The molecule has 0 aliphatic heterocycles. The van der Waals surface area contributed by atoms with Crippen LogP contribution in [0.2, 0.25) is 0 Å². The van der Waals surface area contributed by atoms with Gasteiger partial charge in [0.15, 0.2) is 0 Å². The first-order valence-electron chi connectivity index (χ1n) is 9.62. The summed E-state index contributed by atoms with van der Waals surface area (Å²) in [5, 5.41) is 9.29. The first kappa shape index (κ1) is 21.0. The van der Waals surface area contributed by atoms with Gasteiger partial charge in [-0.2, -0.15) is 10.2 Å². The molecule has 4 aromatic rings. The van der Waals surface area contributed by atoms with Gasteiger partial charge in [-0.15, -0.1) is 0 Å². The Morgan fingerprint density at radius 1 is 1.19 bits per heavy atom. The molecule has 0 fully saturated rings. The van der Waals surface area contributed by atoms with Crippen molar-refractivity contribution in [2.24, 2.45) is 7.05 Å². The van der Waals surface area contributed by atoms with Gasteiger partial charge in [0, 0.05) is 18.6 Å². The van der Waals surface area contributed by atoms with Crippen LogP contribution in [0.25, 0.3) is 16.6 Å². The normalized spacial score (nSPS) is 12.9. The fraction of sp³-hybridized carbons (Fsp3) is 0.238. The number of hydrogen-bond donors (Lipinski definition) is 1. The van der Waals surface area contributed by atoms with E-state index in [1.807, 2.05) is 12.1 Å². The van der Waals surface area contributed by atoms with E-state index in [-0.39, 0.29) is 17.3 Å². The molecule has 1 N–H and O–H groups in total. The lowest BCUT2D eigenvalue weighted by Gasteiger charge is -2.15. The van der Waals surface area contributed by atoms with Gasteiger partial charge in [0.1, 0.15) is 23.1 Å². The summed E-state index contributed by atoms with van der Waals surface area (Å²) >= 11 is 0. The van der Waals surface area contributed by atoms with Crippen molar-refractivity contribution in [1.29, 1.82) is 0 Å². The lowest BCUT2D eigenvalue weighted by Crippen LogP contribution is -2.36. The van der Waals surface area contributed by atoms with E-state index in [1.54, 1.807) is 50.0 Å². The van der Waals surface area contributed by atoms with Gasteiger partial charge in [0.2, 0.25) is 10.0 Å². The zero-order valence-electron chi connectivity index (χ0n) is 17.3. The SMILES string of the molecule is Cc1nn(C)cc1S(=O)(=O)N[C@@H](C)COc1ccc2c(cnn2-c2ccc(F)cc2)c1. The Hall–Kier alpha value is -3.24. The van der Waals surface area contributed by atoms with Crippen LogP contribution in [0, 0.1) is 12.7 Å². The van der Waals surface area contributed by atoms with E-state index < -0.39 is 16.1 Å². The standard InChI is InChI=1S/C21H22FN5O3S/c1-14(25-31(28,29)21-12-26(3)24-15(21)2)13-30-19-8-9-20-16(10-19)11-23-27(20)18-6-4-17(22)5-7-18/h4-12,14,25H,13H2,1-3H3/t14-/m0/s1. The molecule has 0 bridgehead atoms. The van der Waals surface area contributed by atoms with E-state index in [9.17, 15) is 12.8 Å². The average Bonchev–Trinajstić information content (AvgIpc) is 3.29. The first-order chi connectivity index (χ1) is 14.7. The van der Waals surface area contributed by atoms with E-state index in [0.717, 1.165) is 16.6 Å². The van der Waals surface area contributed by atoms with Gasteiger partial charge < -0.3 is 4.74 Å². The lowest BCUT2D eigenvalue weighted by molar-refractivity contribution is 0.288. The molecule has 162 valence electrons. The van der Waals surface area contributed by atoms with Crippen molar-refractivity contribution in [3.63, 3.8) is 0 Å². The van der Waals surface area contributed by atoms with Crippen molar-refractivity contribution >= 4 is 20.9 Å². The summed E-state index contributed by atoms with van der Waals surface area (Å²) in [5.41, 5.74) is 2.03. The molecule has 2 aromatic carbocycles. The second-order valence-electron chi connectivity index (χ2n) is 7.34. The molecule has 2 aromatic heterocycles. The van der Waals surface area contributed by atoms with Gasteiger partial charge in [0.25, 0.3) is 0 Å². The van der Waals surface area contributed by atoms with Gasteiger partial charge in [-0.3, -0.25) is 4.68 Å². The van der Waals surface area contributed by atoms with Crippen molar-refractivity contribution in [2.45, 2.75) is 24.8 Å². The number of aromatic nitrogens is 4. The summed E-state index contributed by atoms with van der Waals surface area (Å²) in [6.45, 7) is 3.53. The van der Waals surface area contributed by atoms with Gasteiger partial charge in [-0.1, -0.05) is 0 Å². The maximum absolute atomic E-state index is 13.2. The number of ether oxygens (including phenoxy) is 1. The molecule has 10 heteroatoms. The van der Waals surface area contributed by atoms with Crippen LogP contribution >= 0.6 is 0 Å². The summed E-state index contributed by atoms with van der Waals surface area (Å²) in [6, 6.07) is 11.1. The molecule has 0 saturated heterocycles. The highest BCUT2D eigenvalue weighted by Gasteiger charge is 2.22. The Balaban J connectivity index is 1.44. The minimum Gasteiger partial charge on any atom is -0.492 e. The third-order valence-electron chi connectivity index (χ3n) is 4.72. The van der Waals surface area contributed by atoms with E-state index in [1.165, 1.54) is 23.0 Å². The highest BCUT2D eigenvalue weighted by molar-refractivity contribution is 7.89. The lowest BCUT2D eigenvalue weighted by atomic mass is 10.2. The summed E-state index contributed by atoms with van der Waals surface area (Å²) in [5.74, 6) is 0.286. The molecule has 0 amide bonds. The minimum atomic E-state index is -3.69. The third kappa shape index (κ3) is 4.44. The molecular weight excluding hydrogens is 421 g/mol. The molecule has 0 saturated carbocycles. The molecule has 4 rings (SSSR count). The van der Waals surface area contributed by atoms with E-state index >= 15 is 0 Å². The van der Waals surface area contributed by atoms with Crippen molar-refractivity contribution in [1.82, 2.24) is 24.3 Å². The number of nitrogens with one attached hydrogen (secondary N) is 1. The largest absolute Gasteiger partial charge is 0.492 e. The maximum Gasteiger partial charge on any atom is 0.244 e. The number of aryl methyl sites for hydroxylation is 2. The van der Waals surface area contributed by atoms with Crippen molar-refractivity contribution in [3.8, 4) is 11.4 Å². The Kier molecular flexibility index (Phi) is 5.50. The molecule has 0 aliphatic carbocycles. The summed E-state index contributed by atoms with van der Waals surface area (Å²) in [4.78, 5) is 0.150. The van der Waals surface area contributed by atoms with Crippen LogP contribution in [-0.2, 0) is 17.1 Å². The number of nitrogens with zero attached hydrogens (tertiary/aromatic N) is 4. The molecule has 2 heterocycles. The fourth-order valence-electron chi connectivity index (χ4n) is 3.31. The second kappa shape index (κ2) is 8.12. The number of sulfonamides is 1. The van der Waals surface area contributed by atoms with E-state index in [4.69, 9.17) is 4.74 Å². The Morgan fingerprint density at radius 3 is 2.61 bits per heavy atom. The Labute approximate surface area is 179 Å². The quantitative estimate of drug-likeness (QED) is 0.474. The van der Waals surface area contributed by atoms with E-state index in [0.29, 0.717) is 11.4 Å². The molecule has 0 radical (unpaired) electrons. The third-order valence-corrected chi connectivity index (χ3v) is 6.42. The summed E-state index contributed by atoms with van der Waals surface area (Å²) in [7, 11) is -2.02. The second-order valence-corrected chi connectivity index (χ2v) is 9.02. The van der Waals surface area contributed by atoms with Crippen LogP contribution in [0.3, 0.4) is 0 Å². The molecular formula is C21H22FN5O3S. The number of hydrogen-bond acceptors (Lipinski definition) is 5. The van der Waals surface area contributed by atoms with Crippen LogP contribution in [0.5, 0.6) is 5.75 Å². The summed E-state index contributed by atoms with van der Waals surface area (Å²) < 4.78 is 49.9. The van der Waals surface area contributed by atoms with Crippen LogP contribution in [0.1, 0.15) is 12.6 Å². The fourth-order valence-corrected chi connectivity index (χ4v) is 4.76. The predicted molar refractivity (Wildman–Crippen MR) is 114 cm³/mol. The monoisotopic (exact) mass is 443 g/mol. The van der Waals surface area contributed by atoms with E-state index in [2.05, 4.69) is 14.9 Å². The van der Waals surface area contributed by atoms with Crippen molar-refractivity contribution in [2.75, 3.05) is 6.61 Å². The van der Waals surface area contributed by atoms with Crippen LogP contribution < -0.4 is 9.46 Å². The molecule has 31 heavy (non-hydrogen) atoms. The van der Waals surface area contributed by atoms with Gasteiger partial charge in [0.05, 0.1) is 29.1 Å². The van der Waals surface area contributed by atoms with Gasteiger partial charge in [-0.05, 0) is 56.3 Å². The number of fused-ring (bicyclic) bond motifs is 1. The van der Waals surface area contributed by atoms with Crippen LogP contribution in [-0.4, -0.2) is 40.6 Å². The smallest absolute Gasteiger partial charge is 0.244 e. The van der Waals surface area contributed by atoms with Gasteiger partial charge in [-0.25, -0.2) is 22.2 Å². The minimum absolute atomic E-state index is 0.149. The number of rotatable bonds is 7. The van der Waals surface area contributed by atoms with Gasteiger partial charge >= 0.3 is 0 Å². The highest BCUT2D eigenvalue weighted by atomic mass is 32.2. The predicted octanol–water partition coefficient (Wildman–Crippen LogP) is 2.95. The van der Waals surface area contributed by atoms with Crippen molar-refractivity contribution in [3.05, 3.63) is 66.4 Å². The molecule has 8 nitrogen and oxygen atoms in total. The topological polar surface area (TPSA) is 91.0 Å². The molecule has 0 spiro atoms. The zero-order chi connectivity index (χ0) is 22.2. The molecule has 1 atom stereocenters. The molecule has 0 unspecified atom stereocenters.